The van der Waals surface area contributed by atoms with Crippen LogP contribution >= 0.6 is 0 Å². The maximum absolute atomic E-state index is 12.8. The third-order valence-electron chi connectivity index (χ3n) is 3.74. The van der Waals surface area contributed by atoms with Crippen LogP contribution in [0.1, 0.15) is 41.0 Å². The molecule has 0 radical (unpaired) electrons. The zero-order valence-corrected chi connectivity index (χ0v) is 14.3. The van der Waals surface area contributed by atoms with Crippen LogP contribution in [0, 0.1) is 11.3 Å². The molecule has 1 aromatic rings. The lowest BCUT2D eigenvalue weighted by Gasteiger charge is -2.30. The van der Waals surface area contributed by atoms with Crippen molar-refractivity contribution >= 4 is 17.5 Å². The van der Waals surface area contributed by atoms with Crippen LogP contribution in [0.4, 0.5) is 5.69 Å². The SMILES string of the molecule is CCN(C(=O)C(C)(C)C(=O)NCCC(C)C)c1ccccc1. The summed E-state index contributed by atoms with van der Waals surface area (Å²) >= 11 is 0. The van der Waals surface area contributed by atoms with Crippen molar-refractivity contribution in [1.29, 1.82) is 0 Å². The van der Waals surface area contributed by atoms with Gasteiger partial charge in [0, 0.05) is 18.8 Å². The highest BCUT2D eigenvalue weighted by molar-refractivity contribution is 6.10. The van der Waals surface area contributed by atoms with Crippen molar-refractivity contribution in [3.05, 3.63) is 30.3 Å². The molecule has 2 amide bonds. The molecule has 0 aliphatic rings. The molecule has 4 nitrogen and oxygen atoms in total. The zero-order chi connectivity index (χ0) is 16.8. The molecule has 0 aliphatic carbocycles. The Morgan fingerprint density at radius 2 is 1.77 bits per heavy atom. The van der Waals surface area contributed by atoms with E-state index >= 15 is 0 Å². The van der Waals surface area contributed by atoms with Crippen molar-refractivity contribution in [3.63, 3.8) is 0 Å². The highest BCUT2D eigenvalue weighted by Crippen LogP contribution is 2.24. The van der Waals surface area contributed by atoms with Gasteiger partial charge >= 0.3 is 0 Å². The molecule has 1 aromatic carbocycles. The van der Waals surface area contributed by atoms with Crippen molar-refractivity contribution in [1.82, 2.24) is 5.32 Å². The molecular formula is C18H28N2O2. The first kappa shape index (κ1) is 18.2. The maximum Gasteiger partial charge on any atom is 0.242 e. The van der Waals surface area contributed by atoms with Crippen molar-refractivity contribution in [2.75, 3.05) is 18.0 Å². The highest BCUT2D eigenvalue weighted by Gasteiger charge is 2.39. The fourth-order valence-corrected chi connectivity index (χ4v) is 2.18. The average Bonchev–Trinajstić information content (AvgIpc) is 2.48. The summed E-state index contributed by atoms with van der Waals surface area (Å²) in [5, 5.41) is 2.88. The minimum absolute atomic E-state index is 0.178. The molecule has 0 bridgehead atoms. The van der Waals surface area contributed by atoms with Gasteiger partial charge in [-0.15, -0.1) is 0 Å². The summed E-state index contributed by atoms with van der Waals surface area (Å²) in [6.07, 6.45) is 0.909. The fraction of sp³-hybridized carbons (Fsp3) is 0.556. The van der Waals surface area contributed by atoms with Crippen LogP contribution in [-0.4, -0.2) is 24.9 Å². The molecule has 0 unspecified atom stereocenters. The molecule has 0 aromatic heterocycles. The van der Waals surface area contributed by atoms with E-state index in [4.69, 9.17) is 0 Å². The van der Waals surface area contributed by atoms with E-state index in [0.717, 1.165) is 12.1 Å². The number of nitrogens with one attached hydrogen (secondary N) is 1. The molecule has 0 spiro atoms. The summed E-state index contributed by atoms with van der Waals surface area (Å²) in [7, 11) is 0. The van der Waals surface area contributed by atoms with E-state index in [2.05, 4.69) is 19.2 Å². The van der Waals surface area contributed by atoms with Crippen LogP contribution in [0.2, 0.25) is 0 Å². The van der Waals surface area contributed by atoms with Crippen LogP contribution in [0.25, 0.3) is 0 Å². The molecular weight excluding hydrogens is 276 g/mol. The monoisotopic (exact) mass is 304 g/mol. The van der Waals surface area contributed by atoms with E-state index in [9.17, 15) is 9.59 Å². The van der Waals surface area contributed by atoms with Crippen molar-refractivity contribution in [2.45, 2.75) is 41.0 Å². The van der Waals surface area contributed by atoms with E-state index in [1.165, 1.54) is 0 Å². The number of carbonyl (C=O) groups is 2. The minimum atomic E-state index is -1.08. The van der Waals surface area contributed by atoms with Crippen molar-refractivity contribution in [3.8, 4) is 0 Å². The highest BCUT2D eigenvalue weighted by atomic mass is 16.2. The van der Waals surface area contributed by atoms with E-state index in [1.807, 2.05) is 37.3 Å². The quantitative estimate of drug-likeness (QED) is 0.786. The summed E-state index contributed by atoms with van der Waals surface area (Å²) in [6, 6.07) is 9.45. The van der Waals surface area contributed by atoms with Gasteiger partial charge in [0.15, 0.2) is 0 Å². The van der Waals surface area contributed by atoms with Crippen LogP contribution < -0.4 is 10.2 Å². The molecule has 0 fully saturated rings. The lowest BCUT2D eigenvalue weighted by atomic mass is 9.89. The summed E-state index contributed by atoms with van der Waals surface area (Å²) in [5.74, 6) is 0.131. The molecule has 0 saturated carbocycles. The van der Waals surface area contributed by atoms with Gasteiger partial charge in [-0.25, -0.2) is 0 Å². The lowest BCUT2D eigenvalue weighted by molar-refractivity contribution is -0.139. The molecule has 1 N–H and O–H groups in total. The standard InChI is InChI=1S/C18H28N2O2/c1-6-20(15-10-8-7-9-11-15)17(22)18(4,5)16(21)19-13-12-14(2)3/h7-11,14H,6,12-13H2,1-5H3,(H,19,21). The molecule has 0 aliphatic heterocycles. The third-order valence-corrected chi connectivity index (χ3v) is 3.74. The largest absolute Gasteiger partial charge is 0.355 e. The molecule has 0 atom stereocenters. The number of carbonyl (C=O) groups excluding carboxylic acids is 2. The second-order valence-electron chi connectivity index (χ2n) is 6.45. The average molecular weight is 304 g/mol. The Hall–Kier alpha value is -1.84. The normalized spacial score (nSPS) is 11.4. The summed E-state index contributed by atoms with van der Waals surface area (Å²) in [4.78, 5) is 26.8. The Kier molecular flexibility index (Phi) is 6.60. The predicted molar refractivity (Wildman–Crippen MR) is 90.7 cm³/mol. The van der Waals surface area contributed by atoms with Crippen LogP contribution in [-0.2, 0) is 9.59 Å². The lowest BCUT2D eigenvalue weighted by Crippen LogP contribution is -2.50. The summed E-state index contributed by atoms with van der Waals surface area (Å²) < 4.78 is 0. The van der Waals surface area contributed by atoms with Gasteiger partial charge in [0.2, 0.25) is 11.8 Å². The Morgan fingerprint density at radius 1 is 1.18 bits per heavy atom. The smallest absolute Gasteiger partial charge is 0.242 e. The van der Waals surface area contributed by atoms with E-state index < -0.39 is 5.41 Å². The number of amides is 2. The van der Waals surface area contributed by atoms with Crippen molar-refractivity contribution in [2.24, 2.45) is 11.3 Å². The van der Waals surface area contributed by atoms with Gasteiger partial charge in [-0.1, -0.05) is 32.0 Å². The molecule has 1 rings (SSSR count). The minimum Gasteiger partial charge on any atom is -0.355 e. The van der Waals surface area contributed by atoms with Gasteiger partial charge in [0.05, 0.1) is 0 Å². The predicted octanol–water partition coefficient (Wildman–Crippen LogP) is 3.23. The zero-order valence-electron chi connectivity index (χ0n) is 14.3. The number of hydrogen-bond acceptors (Lipinski definition) is 2. The third kappa shape index (κ3) is 4.58. The van der Waals surface area contributed by atoms with Gasteiger partial charge in [0.25, 0.3) is 0 Å². The fourth-order valence-electron chi connectivity index (χ4n) is 2.18. The number of benzene rings is 1. The number of nitrogens with zero attached hydrogens (tertiary/aromatic N) is 1. The van der Waals surface area contributed by atoms with Gasteiger partial charge in [-0.05, 0) is 45.2 Å². The van der Waals surface area contributed by atoms with Crippen LogP contribution in [0.5, 0.6) is 0 Å². The topological polar surface area (TPSA) is 49.4 Å². The molecule has 4 heteroatoms. The van der Waals surface area contributed by atoms with Crippen molar-refractivity contribution < 1.29 is 9.59 Å². The Labute approximate surface area is 133 Å². The first-order chi connectivity index (χ1) is 10.3. The molecule has 0 heterocycles. The first-order valence-corrected chi connectivity index (χ1v) is 7.96. The first-order valence-electron chi connectivity index (χ1n) is 7.96. The number of rotatable bonds is 7. The van der Waals surface area contributed by atoms with Gasteiger partial charge in [-0.3, -0.25) is 9.59 Å². The van der Waals surface area contributed by atoms with Gasteiger partial charge in [-0.2, -0.15) is 0 Å². The van der Waals surface area contributed by atoms with E-state index in [-0.39, 0.29) is 11.8 Å². The van der Waals surface area contributed by atoms with Gasteiger partial charge < -0.3 is 10.2 Å². The van der Waals surface area contributed by atoms with Crippen LogP contribution in [0.3, 0.4) is 0 Å². The molecule has 122 valence electrons. The summed E-state index contributed by atoms with van der Waals surface area (Å²) in [6.45, 7) is 10.6. The molecule has 22 heavy (non-hydrogen) atoms. The number of hydrogen-bond donors (Lipinski definition) is 1. The van der Waals surface area contributed by atoms with E-state index in [0.29, 0.717) is 19.0 Å². The summed E-state index contributed by atoms with van der Waals surface area (Å²) in [5.41, 5.74) is -0.263. The Morgan fingerprint density at radius 3 is 2.27 bits per heavy atom. The van der Waals surface area contributed by atoms with Gasteiger partial charge in [0.1, 0.15) is 5.41 Å². The second-order valence-corrected chi connectivity index (χ2v) is 6.45. The second kappa shape index (κ2) is 7.97. The number of para-hydroxylation sites is 1. The Balaban J connectivity index is 2.81. The van der Waals surface area contributed by atoms with Crippen LogP contribution in [0.15, 0.2) is 30.3 Å². The maximum atomic E-state index is 12.8. The number of anilines is 1. The van der Waals surface area contributed by atoms with E-state index in [1.54, 1.807) is 18.7 Å². The Bertz CT molecular complexity index is 495. The molecule has 0 saturated heterocycles.